The minimum absolute atomic E-state index is 0.0455. The maximum Gasteiger partial charge on any atom is 0.159 e. The van der Waals surface area contributed by atoms with Crippen LogP contribution in [0.1, 0.15) is 28.4 Å². The Morgan fingerprint density at radius 2 is 1.83 bits per heavy atom. The van der Waals surface area contributed by atoms with Gasteiger partial charge >= 0.3 is 0 Å². The number of rotatable bonds is 4. The highest BCUT2D eigenvalue weighted by Crippen LogP contribution is 2.23. The summed E-state index contributed by atoms with van der Waals surface area (Å²) in [6.07, 6.45) is 4.12. The van der Waals surface area contributed by atoms with Crippen molar-refractivity contribution in [2.45, 2.75) is 13.3 Å². The van der Waals surface area contributed by atoms with Gasteiger partial charge in [0.05, 0.1) is 18.1 Å². The lowest BCUT2D eigenvalue weighted by Gasteiger charge is -2.09. The lowest BCUT2D eigenvalue weighted by Crippen LogP contribution is -1.98. The van der Waals surface area contributed by atoms with Gasteiger partial charge in [0, 0.05) is 11.1 Å². The SMILES string of the molecule is CC(=O)c1cc(Cc2ccccc2)cc(-c2cncc(Br)n2)c1. The molecule has 1 heterocycles. The van der Waals surface area contributed by atoms with E-state index in [0.717, 1.165) is 23.2 Å². The molecule has 0 fully saturated rings. The van der Waals surface area contributed by atoms with Gasteiger partial charge in [-0.2, -0.15) is 0 Å². The average molecular weight is 367 g/mol. The Kier molecular flexibility index (Phi) is 4.63. The van der Waals surface area contributed by atoms with Crippen molar-refractivity contribution in [3.63, 3.8) is 0 Å². The molecule has 0 spiro atoms. The smallest absolute Gasteiger partial charge is 0.159 e. The highest BCUT2D eigenvalue weighted by Gasteiger charge is 2.09. The second kappa shape index (κ2) is 6.84. The molecular formula is C19H15BrN2O. The zero-order valence-corrected chi connectivity index (χ0v) is 14.2. The van der Waals surface area contributed by atoms with Crippen LogP contribution in [0.2, 0.25) is 0 Å². The fourth-order valence-corrected chi connectivity index (χ4v) is 2.77. The molecule has 0 radical (unpaired) electrons. The first-order valence-electron chi connectivity index (χ1n) is 7.28. The van der Waals surface area contributed by atoms with Crippen LogP contribution in [0, 0.1) is 0 Å². The van der Waals surface area contributed by atoms with Crippen LogP contribution in [-0.4, -0.2) is 15.8 Å². The summed E-state index contributed by atoms with van der Waals surface area (Å²) < 4.78 is 0.674. The van der Waals surface area contributed by atoms with Crippen molar-refractivity contribution < 1.29 is 4.79 Å². The van der Waals surface area contributed by atoms with Crippen LogP contribution in [-0.2, 0) is 6.42 Å². The molecule has 0 saturated carbocycles. The van der Waals surface area contributed by atoms with E-state index in [9.17, 15) is 4.79 Å². The molecule has 0 saturated heterocycles. The summed E-state index contributed by atoms with van der Waals surface area (Å²) in [7, 11) is 0. The van der Waals surface area contributed by atoms with Crippen molar-refractivity contribution in [1.29, 1.82) is 0 Å². The maximum atomic E-state index is 11.9. The molecule has 0 bridgehead atoms. The molecule has 2 aromatic carbocycles. The number of hydrogen-bond acceptors (Lipinski definition) is 3. The summed E-state index contributed by atoms with van der Waals surface area (Å²) in [5, 5.41) is 0. The van der Waals surface area contributed by atoms with Gasteiger partial charge in [-0.05, 0) is 58.6 Å². The van der Waals surface area contributed by atoms with Crippen molar-refractivity contribution in [2.24, 2.45) is 0 Å². The lowest BCUT2D eigenvalue weighted by atomic mass is 9.97. The van der Waals surface area contributed by atoms with Gasteiger partial charge in [0.15, 0.2) is 5.78 Å². The number of benzene rings is 2. The molecule has 0 atom stereocenters. The number of hydrogen-bond donors (Lipinski definition) is 0. The van der Waals surface area contributed by atoms with Crippen molar-refractivity contribution in [3.8, 4) is 11.3 Å². The molecule has 0 N–H and O–H groups in total. The molecule has 4 heteroatoms. The van der Waals surface area contributed by atoms with Gasteiger partial charge in [-0.25, -0.2) is 4.98 Å². The normalized spacial score (nSPS) is 10.5. The van der Waals surface area contributed by atoms with Crippen LogP contribution in [0.15, 0.2) is 65.5 Å². The van der Waals surface area contributed by atoms with E-state index < -0.39 is 0 Å². The van der Waals surface area contributed by atoms with Crippen molar-refractivity contribution in [1.82, 2.24) is 9.97 Å². The largest absolute Gasteiger partial charge is 0.295 e. The molecule has 1 aromatic heterocycles. The molecule has 0 amide bonds. The summed E-state index contributed by atoms with van der Waals surface area (Å²) in [6, 6.07) is 16.1. The van der Waals surface area contributed by atoms with E-state index in [2.05, 4.69) is 44.1 Å². The number of carbonyl (C=O) groups excluding carboxylic acids is 1. The molecule has 3 nitrogen and oxygen atoms in total. The molecule has 0 aliphatic heterocycles. The highest BCUT2D eigenvalue weighted by atomic mass is 79.9. The predicted molar refractivity (Wildman–Crippen MR) is 94.4 cm³/mol. The third-order valence-electron chi connectivity index (χ3n) is 3.55. The Balaban J connectivity index is 2.04. The van der Waals surface area contributed by atoms with E-state index in [4.69, 9.17) is 0 Å². The van der Waals surface area contributed by atoms with Crippen LogP contribution < -0.4 is 0 Å². The van der Waals surface area contributed by atoms with Crippen LogP contribution in [0.25, 0.3) is 11.3 Å². The summed E-state index contributed by atoms with van der Waals surface area (Å²) in [6.45, 7) is 1.58. The molecular weight excluding hydrogens is 352 g/mol. The van der Waals surface area contributed by atoms with E-state index in [1.165, 1.54) is 5.56 Å². The van der Waals surface area contributed by atoms with Gasteiger partial charge in [0.2, 0.25) is 0 Å². The first-order valence-corrected chi connectivity index (χ1v) is 8.08. The molecule has 3 rings (SSSR count). The summed E-state index contributed by atoms with van der Waals surface area (Å²) in [4.78, 5) is 20.4. The van der Waals surface area contributed by atoms with Gasteiger partial charge in [-0.15, -0.1) is 0 Å². The first-order chi connectivity index (χ1) is 11.1. The van der Waals surface area contributed by atoms with Gasteiger partial charge in [0.1, 0.15) is 4.60 Å². The number of aromatic nitrogens is 2. The fraction of sp³-hybridized carbons (Fsp3) is 0.105. The van der Waals surface area contributed by atoms with Crippen molar-refractivity contribution in [3.05, 3.63) is 82.2 Å². The zero-order chi connectivity index (χ0) is 16.2. The molecule has 0 aliphatic carbocycles. The van der Waals surface area contributed by atoms with Crippen LogP contribution >= 0.6 is 15.9 Å². The Bertz CT molecular complexity index is 847. The van der Waals surface area contributed by atoms with Gasteiger partial charge in [0.25, 0.3) is 0 Å². The summed E-state index contributed by atoms with van der Waals surface area (Å²) in [5.41, 5.74) is 4.63. The quantitative estimate of drug-likeness (QED) is 0.628. The minimum atomic E-state index is 0.0455. The van der Waals surface area contributed by atoms with Crippen molar-refractivity contribution in [2.75, 3.05) is 0 Å². The van der Waals surface area contributed by atoms with Crippen molar-refractivity contribution >= 4 is 21.7 Å². The first kappa shape index (κ1) is 15.6. The van der Waals surface area contributed by atoms with E-state index >= 15 is 0 Å². The van der Waals surface area contributed by atoms with E-state index in [0.29, 0.717) is 10.2 Å². The Labute approximate surface area is 143 Å². The average Bonchev–Trinajstić information content (AvgIpc) is 2.55. The van der Waals surface area contributed by atoms with E-state index in [-0.39, 0.29) is 5.78 Å². The predicted octanol–water partition coefficient (Wildman–Crippen LogP) is 4.70. The van der Waals surface area contributed by atoms with Crippen LogP contribution in [0.3, 0.4) is 0 Å². The maximum absolute atomic E-state index is 11.9. The molecule has 3 aromatic rings. The Morgan fingerprint density at radius 1 is 1.04 bits per heavy atom. The molecule has 23 heavy (non-hydrogen) atoms. The number of ketones is 1. The van der Waals surface area contributed by atoms with Gasteiger partial charge in [-0.3, -0.25) is 9.78 Å². The monoisotopic (exact) mass is 366 g/mol. The zero-order valence-electron chi connectivity index (χ0n) is 12.7. The third-order valence-corrected chi connectivity index (χ3v) is 3.93. The number of Topliss-reactive ketones (excluding diaryl/α,β-unsaturated/α-hetero) is 1. The van der Waals surface area contributed by atoms with Gasteiger partial charge < -0.3 is 0 Å². The van der Waals surface area contributed by atoms with Gasteiger partial charge in [-0.1, -0.05) is 30.3 Å². The Morgan fingerprint density at radius 3 is 2.52 bits per heavy atom. The van der Waals surface area contributed by atoms with Crippen LogP contribution in [0.4, 0.5) is 0 Å². The second-order valence-electron chi connectivity index (χ2n) is 5.36. The second-order valence-corrected chi connectivity index (χ2v) is 6.18. The number of nitrogens with zero attached hydrogens (tertiary/aromatic N) is 2. The molecule has 0 unspecified atom stereocenters. The van der Waals surface area contributed by atoms with E-state index in [1.807, 2.05) is 30.3 Å². The standard InChI is InChI=1S/C19H15BrN2O/c1-13(23)16-8-15(7-14-5-3-2-4-6-14)9-17(10-16)18-11-21-12-19(20)22-18/h2-6,8-12H,7H2,1H3. The molecule has 114 valence electrons. The topological polar surface area (TPSA) is 42.9 Å². The van der Waals surface area contributed by atoms with Crippen LogP contribution in [0.5, 0.6) is 0 Å². The summed E-state index contributed by atoms with van der Waals surface area (Å²) >= 11 is 3.34. The number of halogens is 1. The number of carbonyl (C=O) groups is 1. The summed E-state index contributed by atoms with van der Waals surface area (Å²) in [5.74, 6) is 0.0455. The Hall–Kier alpha value is -2.33. The minimum Gasteiger partial charge on any atom is -0.295 e. The lowest BCUT2D eigenvalue weighted by molar-refractivity contribution is 0.101. The third kappa shape index (κ3) is 3.90. The molecule has 0 aliphatic rings. The fourth-order valence-electron chi connectivity index (χ4n) is 2.46. The van der Waals surface area contributed by atoms with E-state index in [1.54, 1.807) is 19.3 Å². The highest BCUT2D eigenvalue weighted by molar-refractivity contribution is 9.10.